The van der Waals surface area contributed by atoms with Gasteiger partial charge in [-0.3, -0.25) is 9.59 Å². The molecule has 6 heteroatoms. The number of nitrogens with zero attached hydrogens (tertiary/aromatic N) is 1. The molecule has 1 fully saturated rings. The van der Waals surface area contributed by atoms with Crippen molar-refractivity contribution >= 4 is 23.2 Å². The Hall–Kier alpha value is -2.76. The fourth-order valence-corrected chi connectivity index (χ4v) is 2.85. The third-order valence-electron chi connectivity index (χ3n) is 4.03. The number of nitrogens with one attached hydrogen (secondary N) is 1. The molecule has 1 aliphatic heterocycles. The molecule has 4 nitrogen and oxygen atoms in total. The Morgan fingerprint density at radius 1 is 1.17 bits per heavy atom. The third kappa shape index (κ3) is 3.27. The highest BCUT2D eigenvalue weighted by molar-refractivity contribution is 6.03. The first-order chi connectivity index (χ1) is 11.4. The van der Waals surface area contributed by atoms with Gasteiger partial charge < -0.3 is 10.2 Å². The van der Waals surface area contributed by atoms with Crippen molar-refractivity contribution in [1.29, 1.82) is 0 Å². The first-order valence-corrected chi connectivity index (χ1v) is 7.57. The second-order valence-corrected chi connectivity index (χ2v) is 5.84. The molecule has 0 spiro atoms. The fourth-order valence-electron chi connectivity index (χ4n) is 2.85. The number of hydrogen-bond donors (Lipinski definition) is 1. The van der Waals surface area contributed by atoms with Gasteiger partial charge in [-0.05, 0) is 30.7 Å². The van der Waals surface area contributed by atoms with Crippen LogP contribution in [0.5, 0.6) is 0 Å². The summed E-state index contributed by atoms with van der Waals surface area (Å²) in [4.78, 5) is 26.1. The zero-order chi connectivity index (χ0) is 17.3. The van der Waals surface area contributed by atoms with Crippen LogP contribution in [0.3, 0.4) is 0 Å². The first-order valence-electron chi connectivity index (χ1n) is 7.57. The van der Waals surface area contributed by atoms with Crippen molar-refractivity contribution in [3.05, 3.63) is 59.7 Å². The van der Waals surface area contributed by atoms with Crippen molar-refractivity contribution in [3.8, 4) is 0 Å². The number of anilines is 2. The summed E-state index contributed by atoms with van der Waals surface area (Å²) < 4.78 is 26.4. The highest BCUT2D eigenvalue weighted by Crippen LogP contribution is 2.28. The average Bonchev–Trinajstić information content (AvgIpc) is 2.88. The monoisotopic (exact) mass is 330 g/mol. The highest BCUT2D eigenvalue weighted by atomic mass is 19.1. The van der Waals surface area contributed by atoms with Crippen molar-refractivity contribution in [2.45, 2.75) is 13.3 Å². The maximum absolute atomic E-state index is 13.2. The summed E-state index contributed by atoms with van der Waals surface area (Å²) >= 11 is 0. The molecule has 0 aromatic heterocycles. The van der Waals surface area contributed by atoms with E-state index in [4.69, 9.17) is 0 Å². The molecular weight excluding hydrogens is 314 g/mol. The van der Waals surface area contributed by atoms with Crippen molar-refractivity contribution in [2.75, 3.05) is 16.8 Å². The van der Waals surface area contributed by atoms with Crippen LogP contribution in [-0.4, -0.2) is 18.4 Å². The van der Waals surface area contributed by atoms with Crippen molar-refractivity contribution in [2.24, 2.45) is 5.92 Å². The number of carbonyl (C=O) groups excluding carboxylic acids is 2. The Kier molecular flexibility index (Phi) is 4.29. The minimum absolute atomic E-state index is 0.0410. The van der Waals surface area contributed by atoms with Gasteiger partial charge in [-0.1, -0.05) is 18.2 Å². The summed E-state index contributed by atoms with van der Waals surface area (Å²) in [5.74, 6) is -2.67. The lowest BCUT2D eigenvalue weighted by Crippen LogP contribution is -2.28. The van der Waals surface area contributed by atoms with Gasteiger partial charge in [0, 0.05) is 30.4 Å². The number of para-hydroxylation sites is 1. The summed E-state index contributed by atoms with van der Waals surface area (Å²) in [6.45, 7) is 2.14. The molecule has 1 N–H and O–H groups in total. The maximum atomic E-state index is 13.2. The Bertz CT molecular complexity index is 787. The summed E-state index contributed by atoms with van der Waals surface area (Å²) in [6.07, 6.45) is 0.0674. The van der Waals surface area contributed by atoms with Crippen LogP contribution >= 0.6 is 0 Å². The topological polar surface area (TPSA) is 49.4 Å². The van der Waals surface area contributed by atoms with Crippen molar-refractivity contribution in [3.63, 3.8) is 0 Å². The number of carbonyl (C=O) groups is 2. The molecule has 1 aliphatic rings. The molecule has 1 atom stereocenters. The van der Waals surface area contributed by atoms with E-state index < -0.39 is 23.5 Å². The Morgan fingerprint density at radius 3 is 2.50 bits per heavy atom. The number of halogens is 2. The molecule has 0 unspecified atom stereocenters. The van der Waals surface area contributed by atoms with Gasteiger partial charge in [0.25, 0.3) is 0 Å². The van der Waals surface area contributed by atoms with Crippen LogP contribution in [0.2, 0.25) is 0 Å². The number of hydrogen-bond acceptors (Lipinski definition) is 2. The second kappa shape index (κ2) is 6.39. The van der Waals surface area contributed by atoms with E-state index in [-0.39, 0.29) is 24.6 Å². The van der Waals surface area contributed by atoms with Crippen molar-refractivity contribution < 1.29 is 18.4 Å². The molecule has 0 bridgehead atoms. The van der Waals surface area contributed by atoms with Crippen LogP contribution in [0.1, 0.15) is 12.0 Å². The molecule has 2 aromatic carbocycles. The van der Waals surface area contributed by atoms with E-state index in [1.54, 1.807) is 4.90 Å². The second-order valence-electron chi connectivity index (χ2n) is 5.84. The summed E-state index contributed by atoms with van der Waals surface area (Å²) in [5, 5.41) is 2.47. The summed E-state index contributed by atoms with van der Waals surface area (Å²) in [7, 11) is 0. The molecule has 24 heavy (non-hydrogen) atoms. The molecular formula is C18H16F2N2O2. The molecule has 3 rings (SSSR count). The van der Waals surface area contributed by atoms with Gasteiger partial charge in [0.05, 0.1) is 5.92 Å². The lowest BCUT2D eigenvalue weighted by Gasteiger charge is -2.19. The normalized spacial score (nSPS) is 17.2. The zero-order valence-corrected chi connectivity index (χ0v) is 13.1. The predicted octanol–water partition coefficient (Wildman–Crippen LogP) is 3.26. The van der Waals surface area contributed by atoms with Crippen LogP contribution in [0.15, 0.2) is 42.5 Å². The van der Waals surface area contributed by atoms with Gasteiger partial charge in [0.2, 0.25) is 11.8 Å². The minimum atomic E-state index is -0.769. The van der Waals surface area contributed by atoms with Gasteiger partial charge >= 0.3 is 0 Å². The van der Waals surface area contributed by atoms with E-state index in [0.717, 1.165) is 29.4 Å². The van der Waals surface area contributed by atoms with Gasteiger partial charge in [-0.2, -0.15) is 0 Å². The quantitative estimate of drug-likeness (QED) is 0.939. The molecule has 1 heterocycles. The molecule has 2 aromatic rings. The molecule has 0 saturated carbocycles. The number of aryl methyl sites for hydroxylation is 1. The number of benzene rings is 2. The number of amides is 2. The zero-order valence-electron chi connectivity index (χ0n) is 13.1. The fraction of sp³-hybridized carbons (Fsp3) is 0.222. The third-order valence-corrected chi connectivity index (χ3v) is 4.03. The summed E-state index contributed by atoms with van der Waals surface area (Å²) in [5.41, 5.74) is 1.76. The van der Waals surface area contributed by atoms with Gasteiger partial charge in [-0.25, -0.2) is 8.78 Å². The van der Waals surface area contributed by atoms with E-state index in [9.17, 15) is 18.4 Å². The van der Waals surface area contributed by atoms with Gasteiger partial charge in [0.1, 0.15) is 11.6 Å². The Balaban J connectivity index is 1.73. The largest absolute Gasteiger partial charge is 0.326 e. The Labute approximate surface area is 138 Å². The smallest absolute Gasteiger partial charge is 0.229 e. The average molecular weight is 330 g/mol. The van der Waals surface area contributed by atoms with Crippen LogP contribution < -0.4 is 10.2 Å². The van der Waals surface area contributed by atoms with Gasteiger partial charge in [0.15, 0.2) is 0 Å². The SMILES string of the molecule is Cc1ccccc1N1C[C@H](C(=O)Nc2cc(F)cc(F)c2)CC1=O. The highest BCUT2D eigenvalue weighted by Gasteiger charge is 2.35. The molecule has 0 radical (unpaired) electrons. The van der Waals surface area contributed by atoms with E-state index in [1.165, 1.54) is 0 Å². The van der Waals surface area contributed by atoms with E-state index in [0.29, 0.717) is 0 Å². The predicted molar refractivity (Wildman–Crippen MR) is 86.6 cm³/mol. The van der Waals surface area contributed by atoms with Crippen molar-refractivity contribution in [1.82, 2.24) is 0 Å². The van der Waals surface area contributed by atoms with Crippen LogP contribution in [-0.2, 0) is 9.59 Å². The van der Waals surface area contributed by atoms with E-state index >= 15 is 0 Å². The number of rotatable bonds is 3. The molecule has 2 amide bonds. The van der Waals surface area contributed by atoms with E-state index in [2.05, 4.69) is 5.32 Å². The molecule has 0 aliphatic carbocycles. The minimum Gasteiger partial charge on any atom is -0.326 e. The first kappa shape index (κ1) is 16.1. The standard InChI is InChI=1S/C18H16F2N2O2/c1-11-4-2-3-5-16(11)22-10-12(6-17(22)23)18(24)21-15-8-13(19)7-14(20)9-15/h2-5,7-9,12H,6,10H2,1H3,(H,21,24)/t12-/m1/s1. The maximum Gasteiger partial charge on any atom is 0.229 e. The Morgan fingerprint density at radius 2 is 1.83 bits per heavy atom. The molecule has 1 saturated heterocycles. The lowest BCUT2D eigenvalue weighted by atomic mass is 10.1. The van der Waals surface area contributed by atoms with Gasteiger partial charge in [-0.15, -0.1) is 0 Å². The van der Waals surface area contributed by atoms with Crippen LogP contribution in [0.4, 0.5) is 20.2 Å². The van der Waals surface area contributed by atoms with Crippen LogP contribution in [0.25, 0.3) is 0 Å². The lowest BCUT2D eigenvalue weighted by molar-refractivity contribution is -0.122. The van der Waals surface area contributed by atoms with Crippen LogP contribution in [0, 0.1) is 24.5 Å². The van der Waals surface area contributed by atoms with E-state index in [1.807, 2.05) is 31.2 Å². The summed E-state index contributed by atoms with van der Waals surface area (Å²) in [6, 6.07) is 10.2. The molecule has 124 valence electrons.